The zero-order valence-corrected chi connectivity index (χ0v) is 9.67. The molecule has 3 N–H and O–H groups in total. The van der Waals surface area contributed by atoms with Crippen LogP contribution in [0.3, 0.4) is 0 Å². The summed E-state index contributed by atoms with van der Waals surface area (Å²) in [6.45, 7) is 1.21. The molecule has 0 aliphatic carbocycles. The number of ether oxygens (including phenoxy) is 1. The molecule has 2 rings (SSSR count). The highest BCUT2D eigenvalue weighted by molar-refractivity contribution is 5.97. The van der Waals surface area contributed by atoms with E-state index >= 15 is 0 Å². The highest BCUT2D eigenvalue weighted by Crippen LogP contribution is 2.15. The minimum absolute atomic E-state index is 0.0926. The van der Waals surface area contributed by atoms with Gasteiger partial charge in [-0.3, -0.25) is 9.48 Å². The van der Waals surface area contributed by atoms with Crippen molar-refractivity contribution in [2.45, 2.75) is 6.10 Å². The number of hydrogen-bond donors (Lipinski definition) is 2. The topological polar surface area (TPSA) is 93.6 Å². The quantitative estimate of drug-likeness (QED) is 0.679. The van der Waals surface area contributed by atoms with E-state index in [1.54, 1.807) is 11.9 Å². The van der Waals surface area contributed by atoms with Crippen LogP contribution in [0.25, 0.3) is 0 Å². The lowest BCUT2D eigenvalue weighted by Gasteiger charge is -2.32. The number of carbonyl (C=O) groups is 1. The summed E-state index contributed by atoms with van der Waals surface area (Å²) in [5, 5.41) is 13.0. The Morgan fingerprint density at radius 2 is 2.53 bits per heavy atom. The largest absolute Gasteiger partial charge is 0.396 e. The van der Waals surface area contributed by atoms with E-state index in [0.29, 0.717) is 31.1 Å². The third-order valence-corrected chi connectivity index (χ3v) is 2.80. The molecule has 7 nitrogen and oxygen atoms in total. The third-order valence-electron chi connectivity index (χ3n) is 2.80. The Morgan fingerprint density at radius 3 is 3.12 bits per heavy atom. The molecule has 0 aromatic carbocycles. The van der Waals surface area contributed by atoms with Crippen molar-refractivity contribution in [3.63, 3.8) is 0 Å². The van der Waals surface area contributed by atoms with Crippen molar-refractivity contribution in [1.82, 2.24) is 14.7 Å². The van der Waals surface area contributed by atoms with Crippen LogP contribution in [0, 0.1) is 0 Å². The Bertz CT molecular complexity index is 398. The molecule has 1 aliphatic rings. The molecular formula is C10H16N4O3. The maximum Gasteiger partial charge on any atom is 0.274 e. The molecule has 1 unspecified atom stereocenters. The number of aliphatic hydroxyl groups is 1. The van der Waals surface area contributed by atoms with Crippen molar-refractivity contribution in [3.8, 4) is 0 Å². The summed E-state index contributed by atoms with van der Waals surface area (Å²) in [7, 11) is 1.67. The van der Waals surface area contributed by atoms with Crippen molar-refractivity contribution in [3.05, 3.63) is 11.9 Å². The second kappa shape index (κ2) is 4.72. The molecule has 7 heteroatoms. The summed E-state index contributed by atoms with van der Waals surface area (Å²) in [6, 6.07) is 0. The van der Waals surface area contributed by atoms with Gasteiger partial charge in [-0.15, -0.1) is 0 Å². The van der Waals surface area contributed by atoms with E-state index in [1.165, 1.54) is 10.9 Å². The van der Waals surface area contributed by atoms with Crippen LogP contribution in [0.5, 0.6) is 0 Å². The molecule has 0 spiro atoms. The molecule has 1 aromatic rings. The van der Waals surface area contributed by atoms with E-state index in [4.69, 9.17) is 15.6 Å². The molecule has 94 valence electrons. The first-order valence-corrected chi connectivity index (χ1v) is 5.42. The maximum absolute atomic E-state index is 12.2. The van der Waals surface area contributed by atoms with Crippen molar-refractivity contribution in [2.24, 2.45) is 7.05 Å². The van der Waals surface area contributed by atoms with Gasteiger partial charge in [-0.1, -0.05) is 0 Å². The average molecular weight is 240 g/mol. The molecule has 2 heterocycles. The normalized spacial score (nSPS) is 20.6. The molecule has 1 fully saturated rings. The number of hydrogen-bond acceptors (Lipinski definition) is 5. The minimum atomic E-state index is -0.317. The van der Waals surface area contributed by atoms with Crippen LogP contribution in [0.15, 0.2) is 6.20 Å². The van der Waals surface area contributed by atoms with Crippen molar-refractivity contribution >= 4 is 11.6 Å². The van der Waals surface area contributed by atoms with E-state index in [2.05, 4.69) is 5.10 Å². The van der Waals surface area contributed by atoms with Gasteiger partial charge < -0.3 is 20.5 Å². The molecule has 1 amide bonds. The van der Waals surface area contributed by atoms with Crippen LogP contribution in [-0.4, -0.2) is 58.1 Å². The molecular weight excluding hydrogens is 224 g/mol. The fraction of sp³-hybridized carbons (Fsp3) is 0.600. The number of nitrogens with two attached hydrogens (primary N) is 1. The SMILES string of the molecule is Cn1ncc(N)c1C(=O)N1CCOC(CO)C1. The third kappa shape index (κ3) is 2.25. The highest BCUT2D eigenvalue weighted by atomic mass is 16.5. The van der Waals surface area contributed by atoms with Gasteiger partial charge in [0.1, 0.15) is 5.69 Å². The number of aryl methyl sites for hydroxylation is 1. The van der Waals surface area contributed by atoms with E-state index in [1.807, 2.05) is 0 Å². The van der Waals surface area contributed by atoms with Gasteiger partial charge in [0.2, 0.25) is 0 Å². The van der Waals surface area contributed by atoms with Gasteiger partial charge in [0.15, 0.2) is 0 Å². The molecule has 1 atom stereocenters. The van der Waals surface area contributed by atoms with Gasteiger partial charge in [-0.05, 0) is 0 Å². The van der Waals surface area contributed by atoms with Crippen molar-refractivity contribution in [2.75, 3.05) is 32.0 Å². The van der Waals surface area contributed by atoms with Crippen molar-refractivity contribution in [1.29, 1.82) is 0 Å². The first kappa shape index (κ1) is 11.9. The van der Waals surface area contributed by atoms with E-state index in [-0.39, 0.29) is 18.6 Å². The molecule has 1 aliphatic heterocycles. The monoisotopic (exact) mass is 240 g/mol. The second-order valence-electron chi connectivity index (χ2n) is 4.00. The second-order valence-corrected chi connectivity index (χ2v) is 4.00. The fourth-order valence-electron chi connectivity index (χ4n) is 1.88. The number of anilines is 1. The number of nitrogen functional groups attached to an aromatic ring is 1. The lowest BCUT2D eigenvalue weighted by molar-refractivity contribution is -0.0449. The van der Waals surface area contributed by atoms with Gasteiger partial charge in [0.25, 0.3) is 5.91 Å². The van der Waals surface area contributed by atoms with Gasteiger partial charge >= 0.3 is 0 Å². The zero-order valence-electron chi connectivity index (χ0n) is 9.67. The van der Waals surface area contributed by atoms with Crippen LogP contribution >= 0.6 is 0 Å². The van der Waals surface area contributed by atoms with Crippen LogP contribution < -0.4 is 5.73 Å². The standard InChI is InChI=1S/C10H16N4O3/c1-13-9(8(11)4-12-13)10(16)14-2-3-17-7(5-14)6-15/h4,7,15H,2-3,5-6,11H2,1H3. The Balaban J connectivity index is 2.15. The Labute approximate surface area is 98.8 Å². The van der Waals surface area contributed by atoms with Gasteiger partial charge in [-0.2, -0.15) is 5.10 Å². The molecule has 0 saturated carbocycles. The van der Waals surface area contributed by atoms with E-state index in [9.17, 15) is 4.79 Å². The zero-order chi connectivity index (χ0) is 12.4. The smallest absolute Gasteiger partial charge is 0.274 e. The minimum Gasteiger partial charge on any atom is -0.396 e. The summed E-state index contributed by atoms with van der Waals surface area (Å²) < 4.78 is 6.75. The highest BCUT2D eigenvalue weighted by Gasteiger charge is 2.27. The molecule has 1 aromatic heterocycles. The number of carbonyl (C=O) groups excluding carboxylic acids is 1. The maximum atomic E-state index is 12.2. The Kier molecular flexibility index (Phi) is 3.30. The Hall–Kier alpha value is -1.60. The lowest BCUT2D eigenvalue weighted by Crippen LogP contribution is -2.47. The Morgan fingerprint density at radius 1 is 1.76 bits per heavy atom. The summed E-state index contributed by atoms with van der Waals surface area (Å²) in [6.07, 6.45) is 1.14. The first-order chi connectivity index (χ1) is 8.13. The number of amides is 1. The first-order valence-electron chi connectivity index (χ1n) is 5.42. The fourth-order valence-corrected chi connectivity index (χ4v) is 1.88. The van der Waals surface area contributed by atoms with Crippen LogP contribution in [-0.2, 0) is 11.8 Å². The molecule has 0 bridgehead atoms. The van der Waals surface area contributed by atoms with E-state index < -0.39 is 0 Å². The summed E-state index contributed by atoms with van der Waals surface area (Å²) >= 11 is 0. The summed E-state index contributed by atoms with van der Waals surface area (Å²) in [5.41, 5.74) is 6.45. The van der Waals surface area contributed by atoms with Crippen LogP contribution in [0.1, 0.15) is 10.5 Å². The molecule has 1 saturated heterocycles. The van der Waals surface area contributed by atoms with Gasteiger partial charge in [0.05, 0.1) is 31.2 Å². The number of aromatic nitrogens is 2. The van der Waals surface area contributed by atoms with Crippen LogP contribution in [0.4, 0.5) is 5.69 Å². The van der Waals surface area contributed by atoms with Crippen LogP contribution in [0.2, 0.25) is 0 Å². The number of aliphatic hydroxyl groups excluding tert-OH is 1. The van der Waals surface area contributed by atoms with Gasteiger partial charge in [-0.25, -0.2) is 0 Å². The molecule has 0 radical (unpaired) electrons. The number of rotatable bonds is 2. The lowest BCUT2D eigenvalue weighted by atomic mass is 10.2. The number of nitrogens with zero attached hydrogens (tertiary/aromatic N) is 3. The molecule has 17 heavy (non-hydrogen) atoms. The predicted molar refractivity (Wildman–Crippen MR) is 60.3 cm³/mol. The summed E-state index contributed by atoms with van der Waals surface area (Å²) in [5.74, 6) is -0.177. The van der Waals surface area contributed by atoms with Crippen molar-refractivity contribution < 1.29 is 14.6 Å². The average Bonchev–Trinajstić information content (AvgIpc) is 2.68. The van der Waals surface area contributed by atoms with Gasteiger partial charge in [0, 0.05) is 20.1 Å². The summed E-state index contributed by atoms with van der Waals surface area (Å²) in [4.78, 5) is 13.8. The predicted octanol–water partition coefficient (Wildman–Crippen LogP) is -1.16. The van der Waals surface area contributed by atoms with E-state index in [0.717, 1.165) is 0 Å². The number of morpholine rings is 1.